The number of piperidine rings is 1. The van der Waals surface area contributed by atoms with E-state index in [4.69, 9.17) is 4.74 Å². The Balaban J connectivity index is 1.22. The number of benzene rings is 2. The minimum absolute atomic E-state index is 0.0606. The SMILES string of the molecule is Cc1ccc(C)c(OC2CCN(CC(=O)Nc3cccc(CN4CCSCC4)c3)CC2)c1. The van der Waals surface area contributed by atoms with Crippen LogP contribution in [0, 0.1) is 13.8 Å². The van der Waals surface area contributed by atoms with Crippen LogP contribution in [0.4, 0.5) is 5.69 Å². The molecule has 4 rings (SSSR count). The zero-order valence-electron chi connectivity index (χ0n) is 19.3. The van der Waals surface area contributed by atoms with Gasteiger partial charge in [-0.1, -0.05) is 24.3 Å². The van der Waals surface area contributed by atoms with Gasteiger partial charge in [-0.3, -0.25) is 14.6 Å². The third-order valence-corrected chi connectivity index (χ3v) is 7.20. The van der Waals surface area contributed by atoms with Crippen LogP contribution in [0.25, 0.3) is 0 Å². The molecule has 0 saturated carbocycles. The molecule has 2 saturated heterocycles. The Morgan fingerprint density at radius 1 is 1.03 bits per heavy atom. The number of carbonyl (C=O) groups is 1. The van der Waals surface area contributed by atoms with Gasteiger partial charge in [0, 0.05) is 49.9 Å². The summed E-state index contributed by atoms with van der Waals surface area (Å²) in [6.45, 7) is 9.63. The van der Waals surface area contributed by atoms with Crippen molar-refractivity contribution in [2.24, 2.45) is 0 Å². The Morgan fingerprint density at radius 2 is 1.81 bits per heavy atom. The summed E-state index contributed by atoms with van der Waals surface area (Å²) in [6.07, 6.45) is 2.12. The normalized spacial score (nSPS) is 18.4. The van der Waals surface area contributed by atoms with Crippen molar-refractivity contribution >= 4 is 23.4 Å². The van der Waals surface area contributed by atoms with Crippen molar-refractivity contribution < 1.29 is 9.53 Å². The summed E-state index contributed by atoms with van der Waals surface area (Å²) in [5, 5.41) is 3.10. The van der Waals surface area contributed by atoms with Gasteiger partial charge < -0.3 is 10.1 Å². The Labute approximate surface area is 196 Å². The Bertz CT molecular complexity index is 906. The lowest BCUT2D eigenvalue weighted by molar-refractivity contribution is -0.117. The maximum Gasteiger partial charge on any atom is 0.238 e. The molecule has 0 radical (unpaired) electrons. The third-order valence-electron chi connectivity index (χ3n) is 6.26. The fraction of sp³-hybridized carbons (Fsp3) is 0.500. The number of nitrogens with one attached hydrogen (secondary N) is 1. The van der Waals surface area contributed by atoms with E-state index in [1.54, 1.807) is 0 Å². The van der Waals surface area contributed by atoms with Gasteiger partial charge in [-0.25, -0.2) is 0 Å². The van der Waals surface area contributed by atoms with Gasteiger partial charge in [-0.2, -0.15) is 11.8 Å². The van der Waals surface area contributed by atoms with Crippen LogP contribution < -0.4 is 10.1 Å². The maximum atomic E-state index is 12.6. The lowest BCUT2D eigenvalue weighted by Crippen LogP contribution is -2.42. The molecule has 172 valence electrons. The monoisotopic (exact) mass is 453 g/mol. The van der Waals surface area contributed by atoms with E-state index in [2.05, 4.69) is 59.3 Å². The quantitative estimate of drug-likeness (QED) is 0.676. The summed E-state index contributed by atoms with van der Waals surface area (Å²) >= 11 is 2.03. The predicted molar refractivity (Wildman–Crippen MR) is 134 cm³/mol. The number of nitrogens with zero attached hydrogens (tertiary/aromatic N) is 2. The third kappa shape index (κ3) is 6.74. The fourth-order valence-corrected chi connectivity index (χ4v) is 5.35. The first-order valence-corrected chi connectivity index (χ1v) is 12.9. The molecule has 5 nitrogen and oxygen atoms in total. The molecule has 2 heterocycles. The van der Waals surface area contributed by atoms with Gasteiger partial charge >= 0.3 is 0 Å². The molecular formula is C26H35N3O2S. The standard InChI is InChI=1S/C26H35N3O2S/c1-20-6-7-21(2)25(16-20)31-24-8-10-28(11-9-24)19-26(30)27-23-5-3-4-22(17-23)18-29-12-14-32-15-13-29/h3-7,16-17,24H,8-15,18-19H2,1-2H3,(H,27,30). The molecule has 32 heavy (non-hydrogen) atoms. The van der Waals surface area contributed by atoms with Crippen molar-refractivity contribution in [3.8, 4) is 5.75 Å². The molecule has 2 fully saturated rings. The molecule has 0 aliphatic carbocycles. The largest absolute Gasteiger partial charge is 0.490 e. The topological polar surface area (TPSA) is 44.8 Å². The molecule has 0 bridgehead atoms. The second-order valence-electron chi connectivity index (χ2n) is 9.00. The summed E-state index contributed by atoms with van der Waals surface area (Å²) in [4.78, 5) is 17.4. The summed E-state index contributed by atoms with van der Waals surface area (Å²) in [6, 6.07) is 14.6. The number of aryl methyl sites for hydroxylation is 2. The average molecular weight is 454 g/mol. The highest BCUT2D eigenvalue weighted by Gasteiger charge is 2.22. The van der Waals surface area contributed by atoms with E-state index in [1.807, 2.05) is 23.9 Å². The van der Waals surface area contributed by atoms with E-state index in [-0.39, 0.29) is 12.0 Å². The Morgan fingerprint density at radius 3 is 2.59 bits per heavy atom. The van der Waals surface area contributed by atoms with E-state index in [0.717, 1.165) is 57.0 Å². The van der Waals surface area contributed by atoms with Crippen LogP contribution in [0.5, 0.6) is 5.75 Å². The van der Waals surface area contributed by atoms with Crippen LogP contribution in [-0.2, 0) is 11.3 Å². The Kier molecular flexibility index (Phi) is 8.11. The van der Waals surface area contributed by atoms with E-state index in [0.29, 0.717) is 6.54 Å². The maximum absolute atomic E-state index is 12.6. The number of hydrogen-bond acceptors (Lipinski definition) is 5. The van der Waals surface area contributed by atoms with E-state index in [1.165, 1.54) is 28.2 Å². The molecule has 2 aromatic rings. The van der Waals surface area contributed by atoms with E-state index in [9.17, 15) is 4.79 Å². The lowest BCUT2D eigenvalue weighted by atomic mass is 10.1. The molecule has 1 N–H and O–H groups in total. The Hall–Kier alpha value is -2.02. The van der Waals surface area contributed by atoms with Crippen molar-refractivity contribution in [2.75, 3.05) is 49.5 Å². The number of carbonyl (C=O) groups excluding carboxylic acids is 1. The van der Waals surface area contributed by atoms with Crippen LogP contribution >= 0.6 is 11.8 Å². The zero-order chi connectivity index (χ0) is 22.3. The lowest BCUT2D eigenvalue weighted by Gasteiger charge is -2.32. The summed E-state index contributed by atoms with van der Waals surface area (Å²) in [5.74, 6) is 3.47. The molecule has 0 atom stereocenters. The van der Waals surface area contributed by atoms with Gasteiger partial charge in [0.05, 0.1) is 6.54 Å². The molecule has 6 heteroatoms. The van der Waals surface area contributed by atoms with Crippen LogP contribution in [0.2, 0.25) is 0 Å². The number of thioether (sulfide) groups is 1. The molecular weight excluding hydrogens is 418 g/mol. The molecule has 2 aliphatic rings. The van der Waals surface area contributed by atoms with Crippen LogP contribution in [-0.4, -0.2) is 66.0 Å². The molecule has 0 spiro atoms. The second kappa shape index (κ2) is 11.2. The van der Waals surface area contributed by atoms with Gasteiger partial charge in [0.25, 0.3) is 0 Å². The number of ether oxygens (including phenoxy) is 1. The van der Waals surface area contributed by atoms with E-state index < -0.39 is 0 Å². The molecule has 1 amide bonds. The first-order valence-electron chi connectivity index (χ1n) is 11.7. The van der Waals surface area contributed by atoms with Gasteiger partial charge in [0.2, 0.25) is 5.91 Å². The van der Waals surface area contributed by atoms with Gasteiger partial charge in [0.15, 0.2) is 0 Å². The smallest absolute Gasteiger partial charge is 0.238 e. The van der Waals surface area contributed by atoms with Gasteiger partial charge in [0.1, 0.15) is 11.9 Å². The summed E-state index contributed by atoms with van der Waals surface area (Å²) in [5.41, 5.74) is 4.56. The highest BCUT2D eigenvalue weighted by molar-refractivity contribution is 7.99. The fourth-order valence-electron chi connectivity index (χ4n) is 4.37. The first kappa shape index (κ1) is 23.1. The van der Waals surface area contributed by atoms with Gasteiger partial charge in [-0.15, -0.1) is 0 Å². The highest BCUT2D eigenvalue weighted by Crippen LogP contribution is 2.24. The van der Waals surface area contributed by atoms with Gasteiger partial charge in [-0.05, 0) is 61.6 Å². The van der Waals surface area contributed by atoms with Crippen molar-refractivity contribution in [1.29, 1.82) is 0 Å². The van der Waals surface area contributed by atoms with Crippen molar-refractivity contribution in [3.63, 3.8) is 0 Å². The summed E-state index contributed by atoms with van der Waals surface area (Å²) < 4.78 is 6.26. The predicted octanol–water partition coefficient (Wildman–Crippen LogP) is 4.33. The first-order chi connectivity index (χ1) is 15.5. The average Bonchev–Trinajstić information content (AvgIpc) is 2.78. The number of anilines is 1. The molecule has 2 aliphatic heterocycles. The van der Waals surface area contributed by atoms with Crippen LogP contribution in [0.1, 0.15) is 29.5 Å². The number of likely N-dealkylation sites (tertiary alicyclic amines) is 1. The molecule has 0 unspecified atom stereocenters. The van der Waals surface area contributed by atoms with E-state index >= 15 is 0 Å². The van der Waals surface area contributed by atoms with Crippen molar-refractivity contribution in [3.05, 3.63) is 59.2 Å². The second-order valence-corrected chi connectivity index (χ2v) is 10.2. The minimum atomic E-state index is 0.0606. The zero-order valence-corrected chi connectivity index (χ0v) is 20.1. The number of rotatable bonds is 7. The van der Waals surface area contributed by atoms with Crippen molar-refractivity contribution in [2.45, 2.75) is 39.3 Å². The number of hydrogen-bond donors (Lipinski definition) is 1. The van der Waals surface area contributed by atoms with Crippen LogP contribution in [0.3, 0.4) is 0 Å². The minimum Gasteiger partial charge on any atom is -0.490 e. The number of amides is 1. The van der Waals surface area contributed by atoms with Crippen LogP contribution in [0.15, 0.2) is 42.5 Å². The molecule has 0 aromatic heterocycles. The highest BCUT2D eigenvalue weighted by atomic mass is 32.2. The van der Waals surface area contributed by atoms with Crippen molar-refractivity contribution in [1.82, 2.24) is 9.80 Å². The summed E-state index contributed by atoms with van der Waals surface area (Å²) in [7, 11) is 0. The molecule has 2 aromatic carbocycles.